The highest BCUT2D eigenvalue weighted by Crippen LogP contribution is 2.28. The molecular formula is C30H36N4O4S. The second-order valence-electron chi connectivity index (χ2n) is 11.2. The Morgan fingerprint density at radius 1 is 1.08 bits per heavy atom. The van der Waals surface area contributed by atoms with E-state index in [0.29, 0.717) is 12.1 Å². The first-order valence-electron chi connectivity index (χ1n) is 13.1. The van der Waals surface area contributed by atoms with E-state index in [0.717, 1.165) is 27.3 Å². The van der Waals surface area contributed by atoms with Crippen LogP contribution in [-0.4, -0.2) is 57.4 Å². The molecule has 8 nitrogen and oxygen atoms in total. The van der Waals surface area contributed by atoms with Gasteiger partial charge < -0.3 is 20.6 Å². The molecule has 0 spiro atoms. The summed E-state index contributed by atoms with van der Waals surface area (Å²) in [5, 5.41) is 16.2. The molecule has 3 aromatic rings. The number of carbonyl (C=O) groups is 3. The minimum absolute atomic E-state index is 0.0345. The van der Waals surface area contributed by atoms with E-state index in [4.69, 9.17) is 0 Å². The molecule has 0 radical (unpaired) electrons. The average molecular weight is 549 g/mol. The number of likely N-dealkylation sites (tertiary alicyclic amines) is 1. The average Bonchev–Trinajstić information content (AvgIpc) is 3.50. The maximum Gasteiger partial charge on any atom is 0.251 e. The topological polar surface area (TPSA) is 112 Å². The minimum Gasteiger partial charge on any atom is -0.391 e. The van der Waals surface area contributed by atoms with Crippen molar-refractivity contribution in [2.24, 2.45) is 5.41 Å². The smallest absolute Gasteiger partial charge is 0.251 e. The third-order valence-corrected chi connectivity index (χ3v) is 7.97. The molecule has 0 saturated carbocycles. The lowest BCUT2D eigenvalue weighted by Crippen LogP contribution is -2.57. The highest BCUT2D eigenvalue weighted by Gasteiger charge is 2.44. The van der Waals surface area contributed by atoms with Crippen molar-refractivity contribution >= 4 is 29.1 Å². The number of nitrogens with zero attached hydrogens (tertiary/aromatic N) is 2. The summed E-state index contributed by atoms with van der Waals surface area (Å²) in [5.74, 6) is -1.08. The Kier molecular flexibility index (Phi) is 8.51. The van der Waals surface area contributed by atoms with Crippen LogP contribution in [0.1, 0.15) is 54.4 Å². The Balaban J connectivity index is 1.44. The zero-order chi connectivity index (χ0) is 28.3. The highest BCUT2D eigenvalue weighted by atomic mass is 32.1. The van der Waals surface area contributed by atoms with Crippen molar-refractivity contribution in [1.82, 2.24) is 20.5 Å². The number of benzene rings is 2. The third kappa shape index (κ3) is 6.72. The summed E-state index contributed by atoms with van der Waals surface area (Å²) in [5.41, 5.74) is 5.65. The van der Waals surface area contributed by atoms with Crippen LogP contribution in [0.2, 0.25) is 0 Å². The number of hydrogen-bond acceptors (Lipinski definition) is 6. The second-order valence-corrected chi connectivity index (χ2v) is 12.1. The van der Waals surface area contributed by atoms with Crippen molar-refractivity contribution in [2.75, 3.05) is 6.54 Å². The molecule has 4 rings (SSSR count). The lowest BCUT2D eigenvalue weighted by molar-refractivity contribution is -0.142. The van der Waals surface area contributed by atoms with Crippen molar-refractivity contribution in [2.45, 2.75) is 65.8 Å². The van der Waals surface area contributed by atoms with Crippen molar-refractivity contribution < 1.29 is 19.5 Å². The lowest BCUT2D eigenvalue weighted by Gasteiger charge is -2.35. The van der Waals surface area contributed by atoms with Crippen molar-refractivity contribution in [3.8, 4) is 10.4 Å². The molecule has 3 amide bonds. The second kappa shape index (κ2) is 11.7. The van der Waals surface area contributed by atoms with E-state index in [2.05, 4.69) is 15.6 Å². The largest absolute Gasteiger partial charge is 0.391 e. The first-order chi connectivity index (χ1) is 18.4. The number of hydrogen-bond donors (Lipinski definition) is 3. The normalized spacial score (nSPS) is 18.1. The molecule has 1 aliphatic heterocycles. The van der Waals surface area contributed by atoms with Crippen molar-refractivity contribution in [3.05, 3.63) is 76.4 Å². The molecule has 1 aromatic heterocycles. The Morgan fingerprint density at radius 3 is 2.33 bits per heavy atom. The predicted octanol–water partition coefficient (Wildman–Crippen LogP) is 3.85. The Bertz CT molecular complexity index is 1330. The molecule has 1 aliphatic rings. The number of aliphatic hydroxyl groups is 1. The van der Waals surface area contributed by atoms with E-state index >= 15 is 0 Å². The fourth-order valence-electron chi connectivity index (χ4n) is 4.70. The van der Waals surface area contributed by atoms with Crippen LogP contribution in [0.15, 0.2) is 54.0 Å². The molecule has 39 heavy (non-hydrogen) atoms. The van der Waals surface area contributed by atoms with Gasteiger partial charge in [-0.1, -0.05) is 62.7 Å². The number of aryl methyl sites for hydroxylation is 2. The molecule has 0 unspecified atom stereocenters. The van der Waals surface area contributed by atoms with Gasteiger partial charge in [0.05, 0.1) is 22.2 Å². The molecule has 3 N–H and O–H groups in total. The summed E-state index contributed by atoms with van der Waals surface area (Å²) in [6.45, 7) is 9.83. The molecule has 0 aliphatic carbocycles. The van der Waals surface area contributed by atoms with Crippen LogP contribution in [0.25, 0.3) is 10.4 Å². The van der Waals surface area contributed by atoms with Crippen LogP contribution in [0.5, 0.6) is 0 Å². The maximum absolute atomic E-state index is 13.7. The summed E-state index contributed by atoms with van der Waals surface area (Å²) in [6.07, 6.45) is -0.677. The summed E-state index contributed by atoms with van der Waals surface area (Å²) in [4.78, 5) is 46.7. The van der Waals surface area contributed by atoms with Gasteiger partial charge in [-0.05, 0) is 42.5 Å². The van der Waals surface area contributed by atoms with Gasteiger partial charge in [0.25, 0.3) is 5.91 Å². The van der Waals surface area contributed by atoms with Gasteiger partial charge in [0, 0.05) is 25.1 Å². The van der Waals surface area contributed by atoms with Crippen LogP contribution in [0, 0.1) is 19.3 Å². The van der Waals surface area contributed by atoms with E-state index in [9.17, 15) is 19.5 Å². The zero-order valence-electron chi connectivity index (χ0n) is 23.0. The van der Waals surface area contributed by atoms with E-state index in [1.54, 1.807) is 23.5 Å². The number of thiazole rings is 1. The van der Waals surface area contributed by atoms with E-state index in [-0.39, 0.29) is 30.7 Å². The Labute approximate surface area is 233 Å². The molecule has 3 atom stereocenters. The van der Waals surface area contributed by atoms with Crippen LogP contribution in [0.3, 0.4) is 0 Å². The quantitative estimate of drug-likeness (QED) is 0.415. The number of amides is 3. The molecule has 9 heteroatoms. The Morgan fingerprint density at radius 2 is 1.74 bits per heavy atom. The number of β-amino-alcohol motifs (C(OH)–C–C–N with tert-alkyl or cyclic N) is 1. The monoisotopic (exact) mass is 548 g/mol. The number of aromatic nitrogens is 1. The van der Waals surface area contributed by atoms with Crippen molar-refractivity contribution in [1.29, 1.82) is 0 Å². The molecular weight excluding hydrogens is 512 g/mol. The lowest BCUT2D eigenvalue weighted by atomic mass is 9.85. The summed E-state index contributed by atoms with van der Waals surface area (Å²) >= 11 is 1.59. The summed E-state index contributed by atoms with van der Waals surface area (Å²) in [7, 11) is 0. The molecule has 1 saturated heterocycles. The van der Waals surface area contributed by atoms with Crippen LogP contribution in [0.4, 0.5) is 0 Å². The number of aliphatic hydroxyl groups excluding tert-OH is 1. The van der Waals surface area contributed by atoms with E-state index < -0.39 is 23.6 Å². The third-order valence-electron chi connectivity index (χ3n) is 7.00. The molecule has 206 valence electrons. The summed E-state index contributed by atoms with van der Waals surface area (Å²) < 4.78 is 0. The number of nitrogens with one attached hydrogen (secondary N) is 2. The van der Waals surface area contributed by atoms with Gasteiger partial charge in [-0.15, -0.1) is 11.3 Å². The maximum atomic E-state index is 13.7. The van der Waals surface area contributed by atoms with Gasteiger partial charge in [0.15, 0.2) is 0 Å². The molecule has 1 fully saturated rings. The van der Waals surface area contributed by atoms with Gasteiger partial charge in [-0.2, -0.15) is 0 Å². The standard InChI is InChI=1S/C30H36N4O4S/c1-18-6-10-22(11-7-18)27(36)33-26(30(3,4)5)29(38)34-16-23(35)14-24(34)28(37)31-15-20-8-12-21(13-9-20)25-19(2)32-17-39-25/h6-13,17,23-24,26,35H,14-16H2,1-5H3,(H,31,37)(H,33,36)/t23-,24+,26-/m1/s1. The SMILES string of the molecule is Cc1ccc(C(=O)N[C@H](C(=O)N2C[C@H](O)C[C@H]2C(=O)NCc2ccc(-c3scnc3C)cc2)C(C)(C)C)cc1. The van der Waals surface area contributed by atoms with Crippen LogP contribution < -0.4 is 10.6 Å². The predicted molar refractivity (Wildman–Crippen MR) is 152 cm³/mol. The Hall–Kier alpha value is -3.56. The van der Waals surface area contributed by atoms with Crippen LogP contribution >= 0.6 is 11.3 Å². The van der Waals surface area contributed by atoms with Gasteiger partial charge in [-0.25, -0.2) is 4.98 Å². The number of carbonyl (C=O) groups excluding carboxylic acids is 3. The molecule has 0 bridgehead atoms. The van der Waals surface area contributed by atoms with Crippen LogP contribution in [-0.2, 0) is 16.1 Å². The fraction of sp³-hybridized carbons (Fsp3) is 0.400. The van der Waals surface area contributed by atoms with Gasteiger partial charge >= 0.3 is 0 Å². The fourth-order valence-corrected chi connectivity index (χ4v) is 5.51. The first kappa shape index (κ1) is 28.4. The van der Waals surface area contributed by atoms with E-state index in [1.165, 1.54) is 4.90 Å². The van der Waals surface area contributed by atoms with Gasteiger partial charge in [0.2, 0.25) is 11.8 Å². The van der Waals surface area contributed by atoms with Gasteiger partial charge in [0.1, 0.15) is 12.1 Å². The summed E-state index contributed by atoms with van der Waals surface area (Å²) in [6, 6.07) is 13.3. The molecule has 2 heterocycles. The van der Waals surface area contributed by atoms with Gasteiger partial charge in [-0.3, -0.25) is 14.4 Å². The van der Waals surface area contributed by atoms with E-state index in [1.807, 2.05) is 76.5 Å². The van der Waals surface area contributed by atoms with Crippen molar-refractivity contribution in [3.63, 3.8) is 0 Å². The first-order valence-corrected chi connectivity index (χ1v) is 13.9. The minimum atomic E-state index is -0.880. The zero-order valence-corrected chi connectivity index (χ0v) is 23.8. The number of rotatable bonds is 7. The molecule has 2 aromatic carbocycles. The highest BCUT2D eigenvalue weighted by molar-refractivity contribution is 7.13.